The van der Waals surface area contributed by atoms with Crippen LogP contribution in [0.3, 0.4) is 0 Å². The van der Waals surface area contributed by atoms with Gasteiger partial charge in [0.25, 0.3) is 0 Å². The van der Waals surface area contributed by atoms with Gasteiger partial charge in [-0.1, -0.05) is 45.4 Å². The van der Waals surface area contributed by atoms with Gasteiger partial charge in [0.15, 0.2) is 18.0 Å². The zero-order valence-corrected chi connectivity index (χ0v) is 22.2. The summed E-state index contributed by atoms with van der Waals surface area (Å²) in [6.07, 6.45) is 6.09. The largest absolute Gasteiger partial charge is 0.457 e. The molecule has 4 rings (SSSR count). The molecular formula is C28H34ClFO6. The van der Waals surface area contributed by atoms with Crippen molar-refractivity contribution in [1.82, 2.24) is 0 Å². The third-order valence-electron chi connectivity index (χ3n) is 9.14. The summed E-state index contributed by atoms with van der Waals surface area (Å²) < 4.78 is 27.0. The predicted molar refractivity (Wildman–Crippen MR) is 132 cm³/mol. The summed E-state index contributed by atoms with van der Waals surface area (Å²) >= 11 is 6.82. The summed E-state index contributed by atoms with van der Waals surface area (Å²) in [5.41, 5.74) is -1.93. The molecule has 0 amide bonds. The number of rotatable bonds is 6. The van der Waals surface area contributed by atoms with Crippen molar-refractivity contribution in [2.45, 2.75) is 77.5 Å². The summed E-state index contributed by atoms with van der Waals surface area (Å²) in [4.78, 5) is 50.4. The topological polar surface area (TPSA) is 86.7 Å². The number of fused-ring (bicyclic) bond motifs is 5. The van der Waals surface area contributed by atoms with Crippen LogP contribution in [0.5, 0.6) is 0 Å². The molecule has 2 saturated carbocycles. The summed E-state index contributed by atoms with van der Waals surface area (Å²) in [6.45, 7) is 8.46. The van der Waals surface area contributed by atoms with E-state index in [0.717, 1.165) is 5.57 Å². The number of carbonyl (C=O) groups is 4. The van der Waals surface area contributed by atoms with E-state index in [1.165, 1.54) is 12.2 Å². The van der Waals surface area contributed by atoms with Gasteiger partial charge in [-0.25, -0.2) is 4.39 Å². The first-order valence-electron chi connectivity index (χ1n) is 12.7. The van der Waals surface area contributed by atoms with Gasteiger partial charge in [0.1, 0.15) is 6.17 Å². The summed E-state index contributed by atoms with van der Waals surface area (Å²) in [7, 11) is 0. The molecule has 0 aromatic rings. The van der Waals surface area contributed by atoms with E-state index >= 15 is 4.39 Å². The monoisotopic (exact) mass is 520 g/mol. The molecule has 0 heterocycles. The van der Waals surface area contributed by atoms with Crippen molar-refractivity contribution >= 4 is 35.1 Å². The first kappa shape index (κ1) is 26.8. The minimum absolute atomic E-state index is 0.0808. The van der Waals surface area contributed by atoms with Crippen molar-refractivity contribution in [3.05, 3.63) is 35.5 Å². The highest BCUT2D eigenvalue weighted by Gasteiger charge is 2.71. The van der Waals surface area contributed by atoms with Gasteiger partial charge in [0, 0.05) is 35.5 Å². The minimum atomic E-state index is -1.54. The lowest BCUT2D eigenvalue weighted by molar-refractivity contribution is -0.191. The molecule has 0 bridgehead atoms. The van der Waals surface area contributed by atoms with Crippen molar-refractivity contribution in [3.8, 4) is 0 Å². The van der Waals surface area contributed by atoms with Crippen molar-refractivity contribution < 1.29 is 33.0 Å². The van der Waals surface area contributed by atoms with Crippen molar-refractivity contribution in [1.29, 1.82) is 0 Å². The van der Waals surface area contributed by atoms with Crippen LogP contribution in [-0.2, 0) is 28.7 Å². The van der Waals surface area contributed by atoms with Crippen molar-refractivity contribution in [3.63, 3.8) is 0 Å². The molecule has 4 aliphatic rings. The fourth-order valence-electron chi connectivity index (χ4n) is 7.27. The number of hydrogen-bond donors (Lipinski definition) is 0. The Hall–Kier alpha value is -2.28. The van der Waals surface area contributed by atoms with Crippen LogP contribution in [0.1, 0.15) is 60.3 Å². The van der Waals surface area contributed by atoms with E-state index in [1.807, 2.05) is 26.8 Å². The number of esters is 2. The smallest absolute Gasteiger partial charge is 0.306 e. The molecule has 0 saturated heterocycles. The second-order valence-electron chi connectivity index (χ2n) is 10.9. The molecule has 6 nitrogen and oxygen atoms in total. The molecule has 196 valence electrons. The van der Waals surface area contributed by atoms with Crippen molar-refractivity contribution in [2.75, 3.05) is 6.61 Å². The van der Waals surface area contributed by atoms with Gasteiger partial charge in [0.05, 0.1) is 5.38 Å². The highest BCUT2D eigenvalue weighted by Crippen LogP contribution is 2.68. The second kappa shape index (κ2) is 9.23. The average Bonchev–Trinajstić information content (AvgIpc) is 3.08. The summed E-state index contributed by atoms with van der Waals surface area (Å²) in [6, 6.07) is 0. The summed E-state index contributed by atoms with van der Waals surface area (Å²) in [5.74, 6) is -2.87. The third-order valence-corrected chi connectivity index (χ3v) is 9.63. The van der Waals surface area contributed by atoms with Gasteiger partial charge < -0.3 is 9.47 Å². The first-order valence-corrected chi connectivity index (χ1v) is 13.2. The molecule has 4 aliphatic carbocycles. The lowest BCUT2D eigenvalue weighted by Gasteiger charge is -2.56. The van der Waals surface area contributed by atoms with Gasteiger partial charge >= 0.3 is 11.9 Å². The maximum absolute atomic E-state index is 15.8. The normalized spacial score (nSPS) is 40.9. The Morgan fingerprint density at radius 3 is 2.44 bits per heavy atom. The van der Waals surface area contributed by atoms with Gasteiger partial charge in [0.2, 0.25) is 5.78 Å². The Kier molecular flexibility index (Phi) is 6.87. The number of Topliss-reactive ketones (excluding diaryl/α,β-unsaturated/α-hetero) is 1. The molecule has 8 heteroatoms. The molecule has 0 unspecified atom stereocenters. The highest BCUT2D eigenvalue weighted by atomic mass is 35.5. The van der Waals surface area contributed by atoms with E-state index in [2.05, 4.69) is 0 Å². The lowest BCUT2D eigenvalue weighted by atomic mass is 9.50. The Labute approximate surface area is 216 Å². The fourth-order valence-corrected chi connectivity index (χ4v) is 7.72. The molecule has 8 atom stereocenters. The third kappa shape index (κ3) is 3.64. The van der Waals surface area contributed by atoms with Gasteiger partial charge in [-0.05, 0) is 43.4 Å². The fraction of sp³-hybridized carbons (Fsp3) is 0.643. The molecule has 36 heavy (non-hydrogen) atoms. The zero-order valence-electron chi connectivity index (χ0n) is 21.4. The van der Waals surface area contributed by atoms with Crippen LogP contribution in [0.4, 0.5) is 4.39 Å². The Morgan fingerprint density at radius 2 is 1.81 bits per heavy atom. The number of allylic oxidation sites excluding steroid dienone is 6. The molecule has 0 spiro atoms. The van der Waals surface area contributed by atoms with E-state index in [1.54, 1.807) is 19.9 Å². The van der Waals surface area contributed by atoms with Gasteiger partial charge in [-0.3, -0.25) is 19.2 Å². The van der Waals surface area contributed by atoms with Crippen LogP contribution in [0.25, 0.3) is 0 Å². The molecule has 0 aliphatic heterocycles. The Balaban J connectivity index is 1.83. The van der Waals surface area contributed by atoms with Crippen LogP contribution >= 0.6 is 11.6 Å². The van der Waals surface area contributed by atoms with Crippen molar-refractivity contribution in [2.24, 2.45) is 28.6 Å². The van der Waals surface area contributed by atoms with Crippen LogP contribution in [0.15, 0.2) is 35.5 Å². The van der Waals surface area contributed by atoms with Gasteiger partial charge in [-0.2, -0.15) is 0 Å². The van der Waals surface area contributed by atoms with E-state index in [0.29, 0.717) is 18.4 Å². The first-order chi connectivity index (χ1) is 16.9. The van der Waals surface area contributed by atoms with Crippen LogP contribution in [0, 0.1) is 28.6 Å². The summed E-state index contributed by atoms with van der Waals surface area (Å²) in [5, 5.41) is -0.947. The molecular weight excluding hydrogens is 487 g/mol. The molecule has 0 radical (unpaired) electrons. The molecule has 2 fully saturated rings. The molecule has 0 aromatic carbocycles. The van der Waals surface area contributed by atoms with Crippen LogP contribution in [-0.4, -0.2) is 47.3 Å². The molecule has 0 N–H and O–H groups in total. The maximum Gasteiger partial charge on any atom is 0.306 e. The lowest BCUT2D eigenvalue weighted by Crippen LogP contribution is -2.61. The highest BCUT2D eigenvalue weighted by molar-refractivity contribution is 6.22. The van der Waals surface area contributed by atoms with Crippen LogP contribution in [0.2, 0.25) is 0 Å². The van der Waals surface area contributed by atoms with E-state index in [-0.39, 0.29) is 24.5 Å². The second-order valence-corrected chi connectivity index (χ2v) is 11.4. The van der Waals surface area contributed by atoms with Crippen LogP contribution < -0.4 is 0 Å². The quantitative estimate of drug-likeness (QED) is 0.283. The number of ketones is 2. The molecule has 0 aromatic heterocycles. The zero-order chi connectivity index (χ0) is 26.6. The number of alkyl halides is 2. The predicted octanol–water partition coefficient (Wildman–Crippen LogP) is 4.84. The Bertz CT molecular complexity index is 1090. The number of carbonyl (C=O) groups excluding carboxylic acids is 4. The number of ether oxygens (including phenoxy) is 2. The number of hydrogen-bond acceptors (Lipinski definition) is 6. The van der Waals surface area contributed by atoms with E-state index in [4.69, 9.17) is 21.1 Å². The standard InChI is InChI=1S/C28H34ClFO6/c1-6-21(33)35-14-20(32)28(36-22(34)7-2)15(3)12-18-23-17(9-11-27(18,28)5)26(4)10-8-16(31)13-19(26)25(30)24(23)29/h8-10,13,15,18,23-25H,6-7,11-12,14H2,1-5H3/t15-,18+,23-,24+,25+,26-,27+,28-/m1/s1. The number of halogens is 2. The van der Waals surface area contributed by atoms with E-state index < -0.39 is 64.1 Å². The SMILES string of the molecule is CCC(=O)OCC(=O)[C@]1(OC(=O)CC)[C@H](C)C[C@H]2[C@H]3C(=CC[C@@]21C)[C@@]1(C)C=CC(=O)C=C1[C@H](F)[C@H]3Cl. The Morgan fingerprint density at radius 1 is 1.14 bits per heavy atom. The average molecular weight is 521 g/mol. The van der Waals surface area contributed by atoms with E-state index in [9.17, 15) is 19.2 Å². The maximum atomic E-state index is 15.8. The minimum Gasteiger partial charge on any atom is -0.457 e. The van der Waals surface area contributed by atoms with Gasteiger partial charge in [-0.15, -0.1) is 11.6 Å².